The molecule has 1 aliphatic carbocycles. The average Bonchev–Trinajstić information content (AvgIpc) is 2.63. The van der Waals surface area contributed by atoms with E-state index in [0.29, 0.717) is 6.04 Å². The van der Waals surface area contributed by atoms with Gasteiger partial charge in [0.1, 0.15) is 0 Å². The summed E-state index contributed by atoms with van der Waals surface area (Å²) in [6.07, 6.45) is 10.3. The number of nitrogens with one attached hydrogen (secondary N) is 1. The third kappa shape index (κ3) is 2.45. The molecule has 0 aromatic carbocycles. The zero-order valence-corrected chi connectivity index (χ0v) is 8.61. The number of hydrogen-bond donors (Lipinski definition) is 1. The lowest BCUT2D eigenvalue weighted by Gasteiger charge is -2.16. The van der Waals surface area contributed by atoms with E-state index < -0.39 is 0 Å². The highest BCUT2D eigenvalue weighted by Crippen LogP contribution is 2.10. The van der Waals surface area contributed by atoms with Gasteiger partial charge in [0.25, 0.3) is 0 Å². The summed E-state index contributed by atoms with van der Waals surface area (Å²) in [4.78, 5) is 0. The molecule has 1 aromatic heterocycles. The van der Waals surface area contributed by atoms with Gasteiger partial charge < -0.3 is 5.32 Å². The van der Waals surface area contributed by atoms with Crippen molar-refractivity contribution in [3.05, 3.63) is 30.1 Å². The van der Waals surface area contributed by atoms with Crippen molar-refractivity contribution >= 4 is 0 Å². The van der Waals surface area contributed by atoms with Crippen LogP contribution in [0.25, 0.3) is 0 Å². The third-order valence-electron chi connectivity index (χ3n) is 2.57. The molecule has 3 heteroatoms. The van der Waals surface area contributed by atoms with Crippen LogP contribution < -0.4 is 5.32 Å². The highest BCUT2D eigenvalue weighted by atomic mass is 15.3. The van der Waals surface area contributed by atoms with Crippen molar-refractivity contribution in [2.45, 2.75) is 31.8 Å². The molecule has 0 saturated heterocycles. The maximum absolute atomic E-state index is 4.33. The zero-order chi connectivity index (χ0) is 9.80. The molecule has 0 amide bonds. The van der Waals surface area contributed by atoms with Gasteiger partial charge in [0.2, 0.25) is 0 Å². The summed E-state index contributed by atoms with van der Waals surface area (Å²) in [6, 6.07) is 2.60. The standard InChI is InChI=1S/C11H17N3/c1-14-8-7-11(13-14)9-12-10-5-3-2-4-6-10/h3,5,7-8,10,12H,2,4,6,9H2,1H3. The Morgan fingerprint density at radius 3 is 3.21 bits per heavy atom. The number of allylic oxidation sites excluding steroid dienone is 1. The molecule has 1 aromatic rings. The van der Waals surface area contributed by atoms with Crippen molar-refractivity contribution in [2.75, 3.05) is 0 Å². The van der Waals surface area contributed by atoms with Gasteiger partial charge in [0, 0.05) is 25.8 Å². The summed E-state index contributed by atoms with van der Waals surface area (Å²) in [7, 11) is 1.95. The fraction of sp³-hybridized carbons (Fsp3) is 0.545. The SMILES string of the molecule is Cn1ccc(CNC2C=CCCC2)n1. The first-order valence-electron chi connectivity index (χ1n) is 5.23. The molecule has 2 rings (SSSR count). The first-order valence-corrected chi connectivity index (χ1v) is 5.23. The molecule has 1 atom stereocenters. The van der Waals surface area contributed by atoms with Crippen molar-refractivity contribution in [1.29, 1.82) is 0 Å². The number of hydrogen-bond acceptors (Lipinski definition) is 2. The Balaban J connectivity index is 1.82. The molecule has 1 aliphatic rings. The van der Waals surface area contributed by atoms with Gasteiger partial charge in [-0.25, -0.2) is 0 Å². The lowest BCUT2D eigenvalue weighted by atomic mass is 10.0. The Hall–Kier alpha value is -1.09. The maximum Gasteiger partial charge on any atom is 0.0762 e. The zero-order valence-electron chi connectivity index (χ0n) is 8.61. The minimum atomic E-state index is 0.547. The normalized spacial score (nSPS) is 21.4. The summed E-state index contributed by atoms with van der Waals surface area (Å²) >= 11 is 0. The van der Waals surface area contributed by atoms with Crippen LogP contribution in [0.1, 0.15) is 25.0 Å². The van der Waals surface area contributed by atoms with Crippen molar-refractivity contribution in [3.63, 3.8) is 0 Å². The Kier molecular flexibility index (Phi) is 2.99. The molecule has 3 nitrogen and oxygen atoms in total. The van der Waals surface area contributed by atoms with Crippen LogP contribution in [0.5, 0.6) is 0 Å². The van der Waals surface area contributed by atoms with Gasteiger partial charge in [0.05, 0.1) is 5.69 Å². The van der Waals surface area contributed by atoms with E-state index in [1.165, 1.54) is 19.3 Å². The van der Waals surface area contributed by atoms with Crippen LogP contribution in [-0.2, 0) is 13.6 Å². The van der Waals surface area contributed by atoms with Crippen LogP contribution in [0.2, 0.25) is 0 Å². The highest BCUT2D eigenvalue weighted by Gasteiger charge is 2.07. The Bertz CT molecular complexity index is 314. The van der Waals surface area contributed by atoms with E-state index in [1.54, 1.807) is 0 Å². The molecule has 14 heavy (non-hydrogen) atoms. The van der Waals surface area contributed by atoms with Crippen LogP contribution in [0.3, 0.4) is 0 Å². The van der Waals surface area contributed by atoms with Gasteiger partial charge in [-0.15, -0.1) is 0 Å². The second-order valence-electron chi connectivity index (χ2n) is 3.83. The summed E-state index contributed by atoms with van der Waals surface area (Å²) in [5, 5.41) is 7.81. The summed E-state index contributed by atoms with van der Waals surface area (Å²) in [5.41, 5.74) is 1.12. The highest BCUT2D eigenvalue weighted by molar-refractivity contribution is 5.02. The molecular weight excluding hydrogens is 174 g/mol. The van der Waals surface area contributed by atoms with Crippen LogP contribution in [0, 0.1) is 0 Å². The molecule has 0 aliphatic heterocycles. The molecule has 1 heterocycles. The van der Waals surface area contributed by atoms with E-state index in [-0.39, 0.29) is 0 Å². The van der Waals surface area contributed by atoms with Crippen LogP contribution >= 0.6 is 0 Å². The molecule has 0 saturated carbocycles. The van der Waals surface area contributed by atoms with E-state index >= 15 is 0 Å². The summed E-state index contributed by atoms with van der Waals surface area (Å²) in [5.74, 6) is 0. The predicted molar refractivity (Wildman–Crippen MR) is 56.8 cm³/mol. The first kappa shape index (κ1) is 9.46. The lowest BCUT2D eigenvalue weighted by molar-refractivity contribution is 0.516. The molecule has 76 valence electrons. The Morgan fingerprint density at radius 2 is 2.57 bits per heavy atom. The van der Waals surface area contributed by atoms with Crippen LogP contribution in [-0.4, -0.2) is 15.8 Å². The van der Waals surface area contributed by atoms with Gasteiger partial charge >= 0.3 is 0 Å². The van der Waals surface area contributed by atoms with Gasteiger partial charge in [-0.3, -0.25) is 4.68 Å². The van der Waals surface area contributed by atoms with Crippen molar-refractivity contribution in [3.8, 4) is 0 Å². The number of aryl methyl sites for hydroxylation is 1. The van der Waals surface area contributed by atoms with E-state index in [4.69, 9.17) is 0 Å². The van der Waals surface area contributed by atoms with Crippen molar-refractivity contribution < 1.29 is 0 Å². The predicted octanol–water partition coefficient (Wildman–Crippen LogP) is 1.62. The maximum atomic E-state index is 4.33. The minimum absolute atomic E-state index is 0.547. The van der Waals surface area contributed by atoms with Gasteiger partial charge in [-0.2, -0.15) is 5.10 Å². The fourth-order valence-corrected chi connectivity index (χ4v) is 1.78. The van der Waals surface area contributed by atoms with E-state index in [9.17, 15) is 0 Å². The van der Waals surface area contributed by atoms with Gasteiger partial charge in [-0.05, 0) is 25.3 Å². The Morgan fingerprint density at radius 1 is 1.64 bits per heavy atom. The second kappa shape index (κ2) is 4.42. The molecule has 0 spiro atoms. The van der Waals surface area contributed by atoms with Gasteiger partial charge in [0.15, 0.2) is 0 Å². The Labute approximate surface area is 84.8 Å². The van der Waals surface area contributed by atoms with Gasteiger partial charge in [-0.1, -0.05) is 12.2 Å². The van der Waals surface area contributed by atoms with E-state index in [2.05, 4.69) is 28.6 Å². The summed E-state index contributed by atoms with van der Waals surface area (Å²) < 4.78 is 1.84. The molecule has 0 fully saturated rings. The lowest BCUT2D eigenvalue weighted by Crippen LogP contribution is -2.28. The topological polar surface area (TPSA) is 29.9 Å². The summed E-state index contributed by atoms with van der Waals surface area (Å²) in [6.45, 7) is 0.871. The number of rotatable bonds is 3. The molecule has 1 unspecified atom stereocenters. The van der Waals surface area contributed by atoms with E-state index in [1.807, 2.05) is 17.9 Å². The molecule has 0 radical (unpaired) electrons. The van der Waals surface area contributed by atoms with Crippen LogP contribution in [0.15, 0.2) is 24.4 Å². The van der Waals surface area contributed by atoms with Crippen molar-refractivity contribution in [2.24, 2.45) is 7.05 Å². The van der Waals surface area contributed by atoms with Crippen LogP contribution in [0.4, 0.5) is 0 Å². The monoisotopic (exact) mass is 191 g/mol. The largest absolute Gasteiger partial charge is 0.305 e. The minimum Gasteiger partial charge on any atom is -0.305 e. The molecular formula is C11H17N3. The van der Waals surface area contributed by atoms with E-state index in [0.717, 1.165) is 12.2 Å². The molecule has 0 bridgehead atoms. The third-order valence-corrected chi connectivity index (χ3v) is 2.57. The fourth-order valence-electron chi connectivity index (χ4n) is 1.78. The number of aromatic nitrogens is 2. The van der Waals surface area contributed by atoms with Crippen molar-refractivity contribution in [1.82, 2.24) is 15.1 Å². The quantitative estimate of drug-likeness (QED) is 0.736. The number of nitrogens with zero attached hydrogens (tertiary/aromatic N) is 2. The second-order valence-corrected chi connectivity index (χ2v) is 3.83. The molecule has 1 N–H and O–H groups in total. The average molecular weight is 191 g/mol. The smallest absolute Gasteiger partial charge is 0.0762 e. The first-order chi connectivity index (χ1) is 6.84.